The molecule has 2 N–H and O–H groups in total. The minimum absolute atomic E-state index is 0.164. The zero-order valence-electron chi connectivity index (χ0n) is 10.5. The Morgan fingerprint density at radius 3 is 2.38 bits per heavy atom. The van der Waals surface area contributed by atoms with Crippen LogP contribution in [0.5, 0.6) is 0 Å². The number of benzene rings is 2. The van der Waals surface area contributed by atoms with Crippen molar-refractivity contribution >= 4 is 33.2 Å². The minimum Gasteiger partial charge on any atom is -0.394 e. The molecule has 0 saturated heterocycles. The molecule has 112 valence electrons. The van der Waals surface area contributed by atoms with E-state index in [1.54, 1.807) is 18.2 Å². The third-order valence-electron chi connectivity index (χ3n) is 2.86. The predicted octanol–water partition coefficient (Wildman–Crippen LogP) is 4.67. The van der Waals surface area contributed by atoms with Crippen molar-refractivity contribution in [1.82, 2.24) is 0 Å². The molecule has 1 unspecified atom stereocenters. The van der Waals surface area contributed by atoms with Crippen LogP contribution in [-0.2, 0) is 0 Å². The first kappa shape index (κ1) is 16.1. The van der Waals surface area contributed by atoms with Crippen molar-refractivity contribution in [2.24, 2.45) is 0 Å². The van der Waals surface area contributed by atoms with Gasteiger partial charge in [-0.3, -0.25) is 0 Å². The smallest absolute Gasteiger partial charge is 0.161 e. The molecule has 0 aliphatic rings. The number of hydrogen-bond donors (Lipinski definition) is 2. The third kappa shape index (κ3) is 3.70. The molecule has 0 spiro atoms. The van der Waals surface area contributed by atoms with Gasteiger partial charge in [0.05, 0.1) is 17.7 Å². The van der Waals surface area contributed by atoms with Crippen LogP contribution in [0.15, 0.2) is 34.8 Å². The summed E-state index contributed by atoms with van der Waals surface area (Å²) in [6, 6.07) is 5.10. The van der Waals surface area contributed by atoms with Crippen molar-refractivity contribution in [3.05, 3.63) is 62.8 Å². The standard InChI is InChI=1S/C14H10BrClF3NO/c15-9-3-7(1-2-10(9)16)20-14(6-21)8-4-12(18)13(19)5-11(8)17/h1-5,14,20-21H,6H2. The third-order valence-corrected chi connectivity index (χ3v) is 4.07. The van der Waals surface area contributed by atoms with E-state index in [4.69, 9.17) is 11.6 Å². The molecule has 0 aliphatic carbocycles. The summed E-state index contributed by atoms with van der Waals surface area (Å²) in [4.78, 5) is 0. The summed E-state index contributed by atoms with van der Waals surface area (Å²) in [6.07, 6.45) is 0. The van der Waals surface area contributed by atoms with Gasteiger partial charge in [0, 0.05) is 21.8 Å². The number of aliphatic hydroxyl groups excluding tert-OH is 1. The van der Waals surface area contributed by atoms with Crippen LogP contribution >= 0.6 is 27.5 Å². The van der Waals surface area contributed by atoms with Crippen LogP contribution in [-0.4, -0.2) is 11.7 Å². The first-order valence-electron chi connectivity index (χ1n) is 5.89. The molecule has 2 aromatic carbocycles. The summed E-state index contributed by atoms with van der Waals surface area (Å²) in [6.45, 7) is -0.498. The highest BCUT2D eigenvalue weighted by molar-refractivity contribution is 9.10. The fraction of sp³-hybridized carbons (Fsp3) is 0.143. The van der Waals surface area contributed by atoms with E-state index in [-0.39, 0.29) is 5.56 Å². The molecule has 0 fully saturated rings. The quantitative estimate of drug-likeness (QED) is 0.756. The maximum atomic E-state index is 13.7. The van der Waals surface area contributed by atoms with Crippen LogP contribution < -0.4 is 5.32 Å². The lowest BCUT2D eigenvalue weighted by Gasteiger charge is -2.19. The second kappa shape index (κ2) is 6.68. The summed E-state index contributed by atoms with van der Waals surface area (Å²) < 4.78 is 40.5. The Kier molecular flexibility index (Phi) is 5.13. The maximum Gasteiger partial charge on any atom is 0.161 e. The Balaban J connectivity index is 2.31. The van der Waals surface area contributed by atoms with E-state index < -0.39 is 30.1 Å². The Bertz CT molecular complexity index is 669. The van der Waals surface area contributed by atoms with Gasteiger partial charge in [-0.15, -0.1) is 0 Å². The average Bonchev–Trinajstić information content (AvgIpc) is 2.44. The molecule has 0 heterocycles. The second-order valence-corrected chi connectivity index (χ2v) is 5.56. The summed E-state index contributed by atoms with van der Waals surface area (Å²) in [5.74, 6) is -3.39. The zero-order valence-corrected chi connectivity index (χ0v) is 12.9. The molecule has 7 heteroatoms. The Morgan fingerprint density at radius 2 is 1.76 bits per heavy atom. The molecule has 0 bridgehead atoms. The highest BCUT2D eigenvalue weighted by Gasteiger charge is 2.18. The van der Waals surface area contributed by atoms with E-state index in [1.807, 2.05) is 0 Å². The summed E-state index contributed by atoms with van der Waals surface area (Å²) in [7, 11) is 0. The van der Waals surface area contributed by atoms with Crippen molar-refractivity contribution < 1.29 is 18.3 Å². The van der Waals surface area contributed by atoms with Gasteiger partial charge in [0.1, 0.15) is 5.82 Å². The highest BCUT2D eigenvalue weighted by atomic mass is 79.9. The highest BCUT2D eigenvalue weighted by Crippen LogP contribution is 2.29. The number of nitrogens with one attached hydrogen (secondary N) is 1. The van der Waals surface area contributed by atoms with Crippen LogP contribution in [0.1, 0.15) is 11.6 Å². The fourth-order valence-corrected chi connectivity index (χ4v) is 2.31. The number of hydrogen-bond acceptors (Lipinski definition) is 2. The first-order chi connectivity index (χ1) is 9.92. The van der Waals surface area contributed by atoms with Gasteiger partial charge < -0.3 is 10.4 Å². The largest absolute Gasteiger partial charge is 0.394 e. The molecule has 0 aliphatic heterocycles. The van der Waals surface area contributed by atoms with E-state index in [2.05, 4.69) is 21.2 Å². The van der Waals surface area contributed by atoms with Gasteiger partial charge in [0.15, 0.2) is 11.6 Å². The van der Waals surface area contributed by atoms with Crippen LogP contribution in [0.2, 0.25) is 5.02 Å². The van der Waals surface area contributed by atoms with Gasteiger partial charge in [-0.2, -0.15) is 0 Å². The molecular formula is C14H10BrClF3NO. The second-order valence-electron chi connectivity index (χ2n) is 4.30. The Morgan fingerprint density at radius 1 is 1.10 bits per heavy atom. The van der Waals surface area contributed by atoms with Gasteiger partial charge in [-0.25, -0.2) is 13.2 Å². The van der Waals surface area contributed by atoms with E-state index in [9.17, 15) is 18.3 Å². The molecule has 0 aromatic heterocycles. The van der Waals surface area contributed by atoms with Crippen molar-refractivity contribution in [3.8, 4) is 0 Å². The molecular weight excluding hydrogens is 371 g/mol. The topological polar surface area (TPSA) is 32.3 Å². The normalized spacial score (nSPS) is 12.3. The molecule has 1 atom stereocenters. The van der Waals surface area contributed by atoms with E-state index in [0.29, 0.717) is 21.2 Å². The Hall–Kier alpha value is -1.24. The zero-order chi connectivity index (χ0) is 15.6. The van der Waals surface area contributed by atoms with E-state index >= 15 is 0 Å². The van der Waals surface area contributed by atoms with Crippen molar-refractivity contribution in [2.45, 2.75) is 6.04 Å². The number of aliphatic hydroxyl groups is 1. The lowest BCUT2D eigenvalue weighted by Crippen LogP contribution is -2.17. The lowest BCUT2D eigenvalue weighted by atomic mass is 10.1. The van der Waals surface area contributed by atoms with Crippen molar-refractivity contribution in [3.63, 3.8) is 0 Å². The van der Waals surface area contributed by atoms with Crippen molar-refractivity contribution in [1.29, 1.82) is 0 Å². The molecule has 0 radical (unpaired) electrons. The van der Waals surface area contributed by atoms with Crippen LogP contribution in [0.4, 0.5) is 18.9 Å². The monoisotopic (exact) mass is 379 g/mol. The molecule has 21 heavy (non-hydrogen) atoms. The summed E-state index contributed by atoms with van der Waals surface area (Å²) in [5, 5.41) is 12.7. The molecule has 0 saturated carbocycles. The predicted molar refractivity (Wildman–Crippen MR) is 78.9 cm³/mol. The molecule has 2 nitrogen and oxygen atoms in total. The molecule has 2 aromatic rings. The Labute approximate surface area is 132 Å². The fourth-order valence-electron chi connectivity index (χ4n) is 1.81. The average molecular weight is 381 g/mol. The first-order valence-corrected chi connectivity index (χ1v) is 7.06. The molecule has 2 rings (SSSR count). The van der Waals surface area contributed by atoms with E-state index in [0.717, 1.165) is 6.07 Å². The van der Waals surface area contributed by atoms with Gasteiger partial charge in [-0.1, -0.05) is 11.6 Å². The van der Waals surface area contributed by atoms with Gasteiger partial charge >= 0.3 is 0 Å². The van der Waals surface area contributed by atoms with Gasteiger partial charge in [0.2, 0.25) is 0 Å². The summed E-state index contributed by atoms with van der Waals surface area (Å²) >= 11 is 9.09. The molecule has 0 amide bonds. The summed E-state index contributed by atoms with van der Waals surface area (Å²) in [5.41, 5.74) is 0.372. The minimum atomic E-state index is -1.28. The van der Waals surface area contributed by atoms with Crippen LogP contribution in [0.3, 0.4) is 0 Å². The number of rotatable bonds is 4. The van der Waals surface area contributed by atoms with Gasteiger partial charge in [0.25, 0.3) is 0 Å². The lowest BCUT2D eigenvalue weighted by molar-refractivity contribution is 0.273. The van der Waals surface area contributed by atoms with Gasteiger partial charge in [-0.05, 0) is 40.2 Å². The number of halogens is 5. The van der Waals surface area contributed by atoms with Crippen LogP contribution in [0.25, 0.3) is 0 Å². The maximum absolute atomic E-state index is 13.7. The van der Waals surface area contributed by atoms with E-state index in [1.165, 1.54) is 0 Å². The number of anilines is 1. The van der Waals surface area contributed by atoms with Crippen LogP contribution in [0, 0.1) is 17.5 Å². The SMILES string of the molecule is OCC(Nc1ccc(Cl)c(Br)c1)c1cc(F)c(F)cc1F. The van der Waals surface area contributed by atoms with Crippen molar-refractivity contribution in [2.75, 3.05) is 11.9 Å².